The Morgan fingerprint density at radius 2 is 0.525 bits per heavy atom. The fraction of sp³-hybridized carbons (Fsp3) is 0. The van der Waals surface area contributed by atoms with E-state index in [1.807, 2.05) is 0 Å². The summed E-state index contributed by atoms with van der Waals surface area (Å²) < 4.78 is 318. The molecule has 1 N–H and O–H groups in total. The molecule has 8 aromatic carbocycles. The van der Waals surface area contributed by atoms with Crippen molar-refractivity contribution in [3.8, 4) is 11.5 Å². The first-order valence-corrected chi connectivity index (χ1v) is 27.8. The molecule has 492 valence electrons. The SMILES string of the molecule is Fc1cc2c(cc1F)C1=Nc3c4cc(F)c(F)cc4c4n3B(Cl)n3c(c5cc(F)c(F)cc5c3=N4)=NC2=N1.Fc1cc2c(cc1F)C1=Nc3c4cc(F)c(F)cc4c4n3B(Oc3c(F)c(F)c(F)c(F)c3F)n3c(c5cc(F)c(F)cc5c3=N4)=NC2=N1.Oc1c(F)c(F)c(F)c(F)c1F. The molecule has 14 nitrogen and oxygen atoms in total. The second-order valence-corrected chi connectivity index (χ2v) is 22.1. The van der Waals surface area contributed by atoms with Crippen molar-refractivity contribution in [2.45, 2.75) is 0 Å². The van der Waals surface area contributed by atoms with Crippen molar-refractivity contribution < 1.29 is 106 Å². The lowest BCUT2D eigenvalue weighted by Gasteiger charge is -2.23. The maximum atomic E-state index is 15.1. The number of phenols is 1. The van der Waals surface area contributed by atoms with E-state index in [1.54, 1.807) is 0 Å². The van der Waals surface area contributed by atoms with E-state index >= 15 is 8.78 Å². The Labute approximate surface area is 533 Å². The predicted molar refractivity (Wildman–Crippen MR) is 303 cm³/mol. The smallest absolute Gasteiger partial charge is 0.518 e. The zero-order valence-electron chi connectivity index (χ0n) is 47.0. The molecular formula is C60H13B2ClF22N12O2. The molecule has 39 heteroatoms. The number of fused-ring (bicyclic) bond motifs is 20. The van der Waals surface area contributed by atoms with E-state index in [1.165, 1.54) is 8.96 Å². The number of amidine groups is 4. The molecule has 0 saturated heterocycles. The normalized spacial score (nSPS) is 14.0. The van der Waals surface area contributed by atoms with Crippen molar-refractivity contribution in [1.29, 1.82) is 0 Å². The molecule has 0 fully saturated rings. The maximum absolute atomic E-state index is 15.1. The Morgan fingerprint density at radius 3 is 0.889 bits per heavy atom. The highest BCUT2D eigenvalue weighted by Crippen LogP contribution is 2.45. The highest BCUT2D eigenvalue weighted by atomic mass is 35.5. The Morgan fingerprint density at radius 1 is 0.273 bits per heavy atom. The average molecular weight is 1410 g/mol. The minimum absolute atomic E-state index is 0.00181. The van der Waals surface area contributed by atoms with Gasteiger partial charge in [0.1, 0.15) is 45.2 Å². The van der Waals surface area contributed by atoms with Crippen LogP contribution in [0.25, 0.3) is 43.1 Å². The Balaban J connectivity index is 0.000000135. The van der Waals surface area contributed by atoms with Gasteiger partial charge in [-0.05, 0) is 72.8 Å². The van der Waals surface area contributed by atoms with Crippen molar-refractivity contribution >= 4 is 115 Å². The second kappa shape index (κ2) is 21.4. The van der Waals surface area contributed by atoms with Crippen molar-refractivity contribution in [1.82, 2.24) is 17.9 Å². The summed E-state index contributed by atoms with van der Waals surface area (Å²) in [6.45, 7) is 0. The predicted octanol–water partition coefficient (Wildman–Crippen LogP) is 13.2. The summed E-state index contributed by atoms with van der Waals surface area (Å²) in [5, 5.41) is 7.68. The van der Waals surface area contributed by atoms with Gasteiger partial charge in [0.05, 0.1) is 0 Å². The van der Waals surface area contributed by atoms with E-state index in [0.29, 0.717) is 36.4 Å². The van der Waals surface area contributed by atoms with Crippen molar-refractivity contribution in [2.75, 3.05) is 0 Å². The third kappa shape index (κ3) is 8.77. The molecule has 0 radical (unpaired) electrons. The lowest BCUT2D eigenvalue weighted by Crippen LogP contribution is -2.52. The van der Waals surface area contributed by atoms with Gasteiger partial charge in [-0.25, -0.2) is 119 Å². The summed E-state index contributed by atoms with van der Waals surface area (Å²) in [6.07, 6.45) is -1.22. The molecule has 0 saturated carbocycles. The number of phenolic OH excluding ortho intramolecular Hbond substituents is 1. The molecule has 0 unspecified atom stereocenters. The third-order valence-corrected chi connectivity index (χ3v) is 16.6. The van der Waals surface area contributed by atoms with E-state index < -0.39 is 187 Å². The Bertz CT molecular complexity index is 6200. The van der Waals surface area contributed by atoms with Crippen LogP contribution in [0.1, 0.15) is 22.3 Å². The van der Waals surface area contributed by atoms with Crippen molar-refractivity contribution in [3.63, 3.8) is 0 Å². The topological polar surface area (TPSA) is 148 Å². The molecule has 12 aromatic rings. The Kier molecular flexibility index (Phi) is 13.4. The van der Waals surface area contributed by atoms with Gasteiger partial charge < -0.3 is 18.7 Å². The third-order valence-electron chi connectivity index (χ3n) is 16.2. The van der Waals surface area contributed by atoms with E-state index in [-0.39, 0.29) is 99.6 Å². The summed E-state index contributed by atoms with van der Waals surface area (Å²) in [4.78, 5) is 35.3. The number of nitrogens with zero attached hydrogens (tertiary/aromatic N) is 12. The summed E-state index contributed by atoms with van der Waals surface area (Å²) in [5.41, 5.74) is -1.06. The number of hydrogen-bond acceptors (Lipinski definition) is 10. The van der Waals surface area contributed by atoms with E-state index in [0.717, 1.165) is 45.4 Å². The zero-order chi connectivity index (χ0) is 70.0. The van der Waals surface area contributed by atoms with E-state index in [9.17, 15) is 87.8 Å². The van der Waals surface area contributed by atoms with Gasteiger partial charge in [-0.2, -0.15) is 17.6 Å². The first-order valence-electron chi connectivity index (χ1n) is 27.4. The van der Waals surface area contributed by atoms with Gasteiger partial charge in [-0.3, -0.25) is 8.96 Å². The number of halogens is 23. The summed E-state index contributed by atoms with van der Waals surface area (Å²) in [6, 6.07) is 9.46. The first-order chi connectivity index (χ1) is 47.0. The van der Waals surface area contributed by atoms with Crippen LogP contribution in [0.15, 0.2) is 113 Å². The standard InChI is InChI=1S/C30H6BF11N6O.C24H6BClF6N6.C6HF5O/c32-13-1-7-8(2-14(13)33)26-43-25(7)44-27-9-3-15(34)17(36)5-11(9)29-46-30-12-6-18(37)16(35)4-10(12)28(45-26)48(30)31(47(27)29)49-24-22(41)20(39)19(38)21(40)23(24)42;26-25-37-21-9-3-15(29)17(31)5-11(9)23(37)36-24-12-6-18(32)16(30)4-10(12)22(38(24)25)35-20-8-2-14(28)13(27)1-7(8)19(33-20)34-21;7-1-2(8)4(10)6(12)5(11)3(1)9/h1-6H;1-6H;12H. The van der Waals surface area contributed by atoms with Crippen LogP contribution in [-0.2, 0) is 0 Å². The average Bonchev–Trinajstić information content (AvgIpc) is 1.54. The van der Waals surface area contributed by atoms with Crippen LogP contribution in [-0.4, -0.2) is 59.9 Å². The molecule has 6 aliphatic heterocycles. The first kappa shape index (κ1) is 62.1. The zero-order valence-corrected chi connectivity index (χ0v) is 47.8. The maximum Gasteiger partial charge on any atom is 0.633 e. The van der Waals surface area contributed by atoms with Crippen LogP contribution < -0.4 is 26.6 Å². The summed E-state index contributed by atoms with van der Waals surface area (Å²) in [5.74, 6) is -44.2. The summed E-state index contributed by atoms with van der Waals surface area (Å²) in [7, 11) is -2.22. The second-order valence-electron chi connectivity index (χ2n) is 21.7. The fourth-order valence-electron chi connectivity index (χ4n) is 11.8. The highest BCUT2D eigenvalue weighted by Gasteiger charge is 2.44. The molecule has 4 aromatic heterocycles. The quantitative estimate of drug-likeness (QED) is 0.0794. The molecule has 10 heterocycles. The summed E-state index contributed by atoms with van der Waals surface area (Å²) >= 11 is 6.91. The largest absolute Gasteiger partial charge is 0.633 e. The number of rotatable bonds is 2. The number of aromatic hydroxyl groups is 1. The molecule has 0 amide bonds. The lowest BCUT2D eigenvalue weighted by molar-refractivity contribution is 0.325. The van der Waals surface area contributed by atoms with Gasteiger partial charge in [0, 0.05) is 65.3 Å². The fourth-order valence-corrected chi connectivity index (χ4v) is 12.2. The monoisotopic (exact) mass is 1410 g/mol. The lowest BCUT2D eigenvalue weighted by atomic mass is 9.98. The molecular weight excluding hydrogens is 1400 g/mol. The Hall–Kier alpha value is -11.7. The van der Waals surface area contributed by atoms with Gasteiger partial charge in [-0.15, -0.1) is 11.5 Å². The molecule has 8 bridgehead atoms. The van der Waals surface area contributed by atoms with Crippen molar-refractivity contribution in [2.24, 2.45) is 39.9 Å². The number of aromatic nitrogens is 4. The minimum Gasteiger partial charge on any atom is -0.518 e. The van der Waals surface area contributed by atoms with Gasteiger partial charge in [0.25, 0.3) is 0 Å². The van der Waals surface area contributed by atoms with E-state index in [2.05, 4.69) is 39.9 Å². The van der Waals surface area contributed by atoms with Crippen LogP contribution in [0.2, 0.25) is 0 Å². The van der Waals surface area contributed by atoms with Gasteiger partial charge in [-0.1, -0.05) is 0 Å². The molecule has 0 spiro atoms. The van der Waals surface area contributed by atoms with Crippen LogP contribution >= 0.6 is 11.5 Å². The number of aliphatic imine (C=N–C) groups is 4. The number of benzene rings is 8. The molecule has 0 atom stereocenters. The molecule has 0 aliphatic carbocycles. The van der Waals surface area contributed by atoms with Crippen LogP contribution in [0.5, 0.6) is 11.5 Å². The highest BCUT2D eigenvalue weighted by molar-refractivity contribution is 7.05. The molecule has 99 heavy (non-hydrogen) atoms. The molecule has 18 rings (SSSR count). The van der Waals surface area contributed by atoms with E-state index in [4.69, 9.17) is 21.2 Å². The van der Waals surface area contributed by atoms with Crippen LogP contribution in [0.4, 0.5) is 120 Å². The molecule has 6 aliphatic rings. The number of hydrogen-bond donors (Lipinski definition) is 1. The van der Waals surface area contributed by atoms with Gasteiger partial charge >= 0.3 is 13.6 Å². The van der Waals surface area contributed by atoms with Crippen LogP contribution in [0.3, 0.4) is 0 Å². The minimum atomic E-state index is -2.51. The van der Waals surface area contributed by atoms with Gasteiger partial charge in [0.15, 0.2) is 105 Å². The van der Waals surface area contributed by atoms with Gasteiger partial charge in [0.2, 0.25) is 58.2 Å². The van der Waals surface area contributed by atoms with Crippen molar-refractivity contribution in [3.05, 3.63) is 245 Å². The van der Waals surface area contributed by atoms with Crippen LogP contribution in [0, 0.1) is 128 Å².